The molecule has 3 aromatic heterocycles. The molecule has 0 saturated carbocycles. The second-order valence-electron chi connectivity index (χ2n) is 6.56. The summed E-state index contributed by atoms with van der Waals surface area (Å²) in [6.07, 6.45) is 5.13. The quantitative estimate of drug-likeness (QED) is 0.544. The first kappa shape index (κ1) is 16.3. The fourth-order valence-corrected chi connectivity index (χ4v) is 3.06. The Morgan fingerprint density at radius 3 is 2.58 bits per heavy atom. The number of hydrogen-bond acceptors (Lipinski definition) is 4. The normalized spacial score (nSPS) is 11.4. The van der Waals surface area contributed by atoms with E-state index in [1.54, 1.807) is 24.8 Å². The fourth-order valence-electron chi connectivity index (χ4n) is 3.06. The number of hydrogen-bond donors (Lipinski definition) is 0. The molecule has 0 aliphatic carbocycles. The molecule has 0 fully saturated rings. The Morgan fingerprint density at radius 1 is 1.00 bits per heavy atom. The summed E-state index contributed by atoms with van der Waals surface area (Å²) in [5.41, 5.74) is 5.34. The van der Waals surface area contributed by atoms with E-state index in [-0.39, 0.29) is 11.9 Å². The van der Waals surface area contributed by atoms with Crippen LogP contribution < -0.4 is 0 Å². The summed E-state index contributed by atoms with van der Waals surface area (Å²) < 4.78 is 16.4. The zero-order valence-electron chi connectivity index (χ0n) is 14.8. The van der Waals surface area contributed by atoms with Gasteiger partial charge in [0, 0.05) is 29.1 Å². The molecule has 6 heteroatoms. The molecule has 3 heterocycles. The smallest absolute Gasteiger partial charge is 0.183 e. The third-order valence-corrected chi connectivity index (χ3v) is 4.40. The molecule has 0 bridgehead atoms. The first-order chi connectivity index (χ1) is 12.5. The van der Waals surface area contributed by atoms with Crippen LogP contribution in [-0.4, -0.2) is 24.7 Å². The molecule has 1 aromatic carbocycles. The van der Waals surface area contributed by atoms with Crippen molar-refractivity contribution in [3.63, 3.8) is 0 Å². The summed E-state index contributed by atoms with van der Waals surface area (Å²) in [7, 11) is 0. The number of fused-ring (bicyclic) bond motifs is 1. The molecule has 4 rings (SSSR count). The molecule has 5 nitrogen and oxygen atoms in total. The van der Waals surface area contributed by atoms with Gasteiger partial charge in [-0.25, -0.2) is 9.37 Å². The number of imidazole rings is 1. The third-order valence-electron chi connectivity index (χ3n) is 4.40. The minimum atomic E-state index is -0.273. The van der Waals surface area contributed by atoms with Gasteiger partial charge in [0.25, 0.3) is 0 Å². The Bertz CT molecular complexity index is 1100. The Morgan fingerprint density at radius 2 is 1.81 bits per heavy atom. The van der Waals surface area contributed by atoms with E-state index in [9.17, 15) is 4.39 Å². The topological polar surface area (TPSA) is 56.5 Å². The van der Waals surface area contributed by atoms with Crippen LogP contribution in [0.4, 0.5) is 4.39 Å². The van der Waals surface area contributed by atoms with Crippen LogP contribution in [0, 0.1) is 12.7 Å². The summed E-state index contributed by atoms with van der Waals surface area (Å²) in [4.78, 5) is 8.69. The number of aryl methyl sites for hydroxylation is 1. The lowest BCUT2D eigenvalue weighted by atomic mass is 9.99. The maximum atomic E-state index is 14.5. The van der Waals surface area contributed by atoms with Crippen molar-refractivity contribution in [3.05, 3.63) is 60.6 Å². The maximum Gasteiger partial charge on any atom is 0.183 e. The molecule has 4 aromatic rings. The molecule has 0 unspecified atom stereocenters. The van der Waals surface area contributed by atoms with Crippen LogP contribution >= 0.6 is 0 Å². The lowest BCUT2D eigenvalue weighted by Crippen LogP contribution is -2.00. The number of nitrogens with zero attached hydrogens (tertiary/aromatic N) is 5. The number of rotatable bonds is 3. The number of halogens is 1. The summed E-state index contributed by atoms with van der Waals surface area (Å²) in [6.45, 7) is 6.02. The van der Waals surface area contributed by atoms with Gasteiger partial charge in [0.05, 0.1) is 12.5 Å². The second kappa shape index (κ2) is 6.29. The van der Waals surface area contributed by atoms with Crippen LogP contribution in [0.25, 0.3) is 33.4 Å². The Balaban J connectivity index is 1.90. The maximum absolute atomic E-state index is 14.5. The van der Waals surface area contributed by atoms with E-state index in [2.05, 4.69) is 34.0 Å². The lowest BCUT2D eigenvalue weighted by Gasteiger charge is -2.09. The molecule has 0 saturated heterocycles. The molecule has 130 valence electrons. The van der Waals surface area contributed by atoms with Gasteiger partial charge in [-0.05, 0) is 56.2 Å². The predicted octanol–water partition coefficient (Wildman–Crippen LogP) is 4.58. The van der Waals surface area contributed by atoms with Gasteiger partial charge in [0.1, 0.15) is 11.3 Å². The van der Waals surface area contributed by atoms with Gasteiger partial charge in [0.15, 0.2) is 5.65 Å². The molecule has 0 aliphatic rings. The van der Waals surface area contributed by atoms with Crippen molar-refractivity contribution in [2.45, 2.75) is 26.8 Å². The van der Waals surface area contributed by atoms with Gasteiger partial charge in [-0.3, -0.25) is 4.98 Å². The van der Waals surface area contributed by atoms with Gasteiger partial charge in [-0.1, -0.05) is 6.07 Å². The van der Waals surface area contributed by atoms with E-state index in [0.29, 0.717) is 5.56 Å². The molecule has 0 amide bonds. The van der Waals surface area contributed by atoms with Crippen molar-refractivity contribution in [2.24, 2.45) is 0 Å². The molecule has 0 aliphatic heterocycles. The first-order valence-corrected chi connectivity index (χ1v) is 8.46. The average molecular weight is 347 g/mol. The highest BCUT2D eigenvalue weighted by atomic mass is 19.1. The second-order valence-corrected chi connectivity index (χ2v) is 6.56. The number of aromatic nitrogens is 5. The molecular weight excluding hydrogens is 329 g/mol. The predicted molar refractivity (Wildman–Crippen MR) is 99.1 cm³/mol. The molecule has 0 radical (unpaired) electrons. The van der Waals surface area contributed by atoms with Crippen LogP contribution in [0.15, 0.2) is 49.1 Å². The highest BCUT2D eigenvalue weighted by molar-refractivity contribution is 5.90. The lowest BCUT2D eigenvalue weighted by molar-refractivity contribution is 0.610. The fraction of sp³-hybridized carbons (Fsp3) is 0.200. The monoisotopic (exact) mass is 347 g/mol. The number of pyridine rings is 1. The SMILES string of the molecule is Cc1cc(-c2cc(-c3cnnc4c3ncn4C(C)C)ccc2F)ccn1. The van der Waals surface area contributed by atoms with E-state index < -0.39 is 0 Å². The van der Waals surface area contributed by atoms with E-state index in [1.165, 1.54) is 6.07 Å². The third kappa shape index (κ3) is 2.73. The summed E-state index contributed by atoms with van der Waals surface area (Å²) in [5.74, 6) is -0.273. The highest BCUT2D eigenvalue weighted by Crippen LogP contribution is 2.32. The van der Waals surface area contributed by atoms with E-state index in [4.69, 9.17) is 0 Å². The average Bonchev–Trinajstić information content (AvgIpc) is 3.06. The van der Waals surface area contributed by atoms with Gasteiger partial charge in [-0.15, -0.1) is 5.10 Å². The minimum Gasteiger partial charge on any atom is -0.311 e. The Labute approximate surface area is 150 Å². The van der Waals surface area contributed by atoms with Crippen molar-refractivity contribution in [1.82, 2.24) is 24.7 Å². The zero-order chi connectivity index (χ0) is 18.3. The Hall–Kier alpha value is -3.15. The van der Waals surface area contributed by atoms with Gasteiger partial charge in [0.2, 0.25) is 0 Å². The van der Waals surface area contributed by atoms with Crippen LogP contribution in [0.5, 0.6) is 0 Å². The van der Waals surface area contributed by atoms with Crippen molar-refractivity contribution in [1.29, 1.82) is 0 Å². The summed E-state index contributed by atoms with van der Waals surface area (Å²) in [5, 5.41) is 8.36. The molecule has 0 N–H and O–H groups in total. The van der Waals surface area contributed by atoms with Crippen molar-refractivity contribution in [3.8, 4) is 22.3 Å². The molecule has 26 heavy (non-hydrogen) atoms. The first-order valence-electron chi connectivity index (χ1n) is 8.46. The Kier molecular flexibility index (Phi) is 3.95. The van der Waals surface area contributed by atoms with Gasteiger partial charge < -0.3 is 4.57 Å². The highest BCUT2D eigenvalue weighted by Gasteiger charge is 2.15. The van der Waals surface area contributed by atoms with Crippen LogP contribution in [-0.2, 0) is 0 Å². The van der Waals surface area contributed by atoms with Gasteiger partial charge >= 0.3 is 0 Å². The largest absolute Gasteiger partial charge is 0.311 e. The van der Waals surface area contributed by atoms with E-state index >= 15 is 0 Å². The standard InChI is InChI=1S/C20H18FN5/c1-12(2)26-11-23-19-17(10-24-25-20(19)26)14-4-5-18(21)16(9-14)15-6-7-22-13(3)8-15/h4-12H,1-3H3. The zero-order valence-corrected chi connectivity index (χ0v) is 14.8. The minimum absolute atomic E-state index is 0.230. The number of benzene rings is 1. The van der Waals surface area contributed by atoms with Crippen molar-refractivity contribution < 1.29 is 4.39 Å². The van der Waals surface area contributed by atoms with Crippen molar-refractivity contribution in [2.75, 3.05) is 0 Å². The van der Waals surface area contributed by atoms with E-state index in [0.717, 1.165) is 33.5 Å². The molecular formula is C20H18FN5. The van der Waals surface area contributed by atoms with Crippen LogP contribution in [0.2, 0.25) is 0 Å². The molecule has 0 spiro atoms. The van der Waals surface area contributed by atoms with Crippen molar-refractivity contribution >= 4 is 11.2 Å². The van der Waals surface area contributed by atoms with Crippen LogP contribution in [0.1, 0.15) is 25.6 Å². The van der Waals surface area contributed by atoms with E-state index in [1.807, 2.05) is 29.7 Å². The summed E-state index contributed by atoms with van der Waals surface area (Å²) in [6, 6.07) is 8.96. The van der Waals surface area contributed by atoms with Gasteiger partial charge in [-0.2, -0.15) is 5.10 Å². The molecule has 0 atom stereocenters. The van der Waals surface area contributed by atoms with Crippen LogP contribution in [0.3, 0.4) is 0 Å². The summed E-state index contributed by atoms with van der Waals surface area (Å²) >= 11 is 0.